The molecule has 0 saturated heterocycles. The van der Waals surface area contributed by atoms with Crippen LogP contribution in [0.2, 0.25) is 0 Å². The molecule has 0 atom stereocenters. The average molecular weight is 430 g/mol. The van der Waals surface area contributed by atoms with Crippen LogP contribution < -0.4 is 0 Å². The fourth-order valence-electron chi connectivity index (χ4n) is 1.25. The van der Waals surface area contributed by atoms with E-state index in [1.165, 1.54) is 3.57 Å². The molecule has 0 aliphatic heterocycles. The van der Waals surface area contributed by atoms with Crippen LogP contribution in [0.5, 0.6) is 0 Å². The first kappa shape index (κ1) is 17.9. The van der Waals surface area contributed by atoms with Gasteiger partial charge in [0.05, 0.1) is 10.5 Å². The number of alkyl halides is 3. The minimum absolute atomic E-state index is 0.370. The smallest absolute Gasteiger partial charge is 0.282 e. The van der Waals surface area contributed by atoms with Crippen molar-refractivity contribution in [1.29, 1.82) is 0 Å². The highest BCUT2D eigenvalue weighted by atomic mass is 127. The molecule has 2 rings (SSSR count). The molecule has 0 spiro atoms. The lowest BCUT2D eigenvalue weighted by Crippen LogP contribution is -2.07. The molecule has 0 bridgehead atoms. The Morgan fingerprint density at radius 2 is 1.52 bits per heavy atom. The maximum atomic E-state index is 12.1. The van der Waals surface area contributed by atoms with Crippen LogP contribution in [0.25, 0.3) is 0 Å². The molecule has 114 valence electrons. The van der Waals surface area contributed by atoms with Crippen molar-refractivity contribution in [3.8, 4) is 0 Å². The van der Waals surface area contributed by atoms with E-state index in [0.717, 1.165) is 12.1 Å². The number of hydrogen-bond acceptors (Lipinski definition) is 2. The van der Waals surface area contributed by atoms with Crippen molar-refractivity contribution in [3.63, 3.8) is 0 Å². The lowest BCUT2D eigenvalue weighted by atomic mass is 10.2. The van der Waals surface area contributed by atoms with Crippen molar-refractivity contribution in [3.05, 3.63) is 63.7 Å². The van der Waals surface area contributed by atoms with Crippen molar-refractivity contribution >= 4 is 32.7 Å². The summed E-state index contributed by atoms with van der Waals surface area (Å²) >= 11 is 2.28. The third kappa shape index (κ3) is 6.44. The van der Waals surface area contributed by atoms with Crippen LogP contribution in [0.3, 0.4) is 0 Å². The third-order valence-electron chi connectivity index (χ3n) is 2.19. The van der Waals surface area contributed by atoms with Crippen LogP contribution >= 0.6 is 22.6 Å². The zero-order chi connectivity index (χ0) is 16.1. The summed E-state index contributed by atoms with van der Waals surface area (Å²) in [4.78, 5) is -0.771. The molecule has 8 heteroatoms. The van der Waals surface area contributed by atoms with Gasteiger partial charge in [-0.3, -0.25) is 4.55 Å². The number of halogens is 4. The highest BCUT2D eigenvalue weighted by molar-refractivity contribution is 14.1. The van der Waals surface area contributed by atoms with Crippen LogP contribution in [-0.4, -0.2) is 13.0 Å². The molecule has 0 heterocycles. The molecule has 0 aromatic heterocycles. The molecule has 21 heavy (non-hydrogen) atoms. The Bertz CT molecular complexity index is 685. The van der Waals surface area contributed by atoms with Crippen LogP contribution in [0.15, 0.2) is 59.5 Å². The largest absolute Gasteiger partial charge is 0.416 e. The Hall–Kier alpha value is -1.13. The Kier molecular flexibility index (Phi) is 6.17. The average Bonchev–Trinajstić information content (AvgIpc) is 2.38. The molecule has 0 aliphatic carbocycles. The molecular weight excluding hydrogens is 420 g/mol. The number of hydrogen-bond donors (Lipinski definition) is 1. The summed E-state index contributed by atoms with van der Waals surface area (Å²) in [5, 5.41) is 0. The summed E-state index contributed by atoms with van der Waals surface area (Å²) in [5.74, 6) is 0. The molecule has 0 amide bonds. The van der Waals surface area contributed by atoms with Gasteiger partial charge in [0.1, 0.15) is 0 Å². The van der Waals surface area contributed by atoms with Crippen LogP contribution in [-0.2, 0) is 16.3 Å². The Morgan fingerprint density at radius 3 is 1.90 bits per heavy atom. The van der Waals surface area contributed by atoms with E-state index in [1.54, 1.807) is 0 Å². The standard InChI is InChI=1S/C7H5F3O3S.C6H5I/c8-7(9,10)5-2-1-3-6(4-5)14(11,12)13;7-6-4-2-1-3-5-6/h1-4H,(H,11,12,13);1-5H. The normalized spacial score (nSPS) is 11.5. The minimum Gasteiger partial charge on any atom is -0.282 e. The highest BCUT2D eigenvalue weighted by Crippen LogP contribution is 2.30. The van der Waals surface area contributed by atoms with E-state index in [1.807, 2.05) is 18.2 Å². The molecule has 3 nitrogen and oxygen atoms in total. The highest BCUT2D eigenvalue weighted by Gasteiger charge is 2.31. The van der Waals surface area contributed by atoms with Crippen LogP contribution in [0.1, 0.15) is 5.56 Å². The van der Waals surface area contributed by atoms with E-state index < -0.39 is 26.8 Å². The maximum Gasteiger partial charge on any atom is 0.416 e. The van der Waals surface area contributed by atoms with Gasteiger partial charge in [0.2, 0.25) is 0 Å². The van der Waals surface area contributed by atoms with E-state index in [0.29, 0.717) is 12.1 Å². The monoisotopic (exact) mass is 430 g/mol. The van der Waals surface area contributed by atoms with Crippen molar-refractivity contribution in [2.75, 3.05) is 0 Å². The van der Waals surface area contributed by atoms with Crippen LogP contribution in [0.4, 0.5) is 13.2 Å². The zero-order valence-corrected chi connectivity index (χ0v) is 13.4. The molecule has 2 aromatic rings. The van der Waals surface area contributed by atoms with Gasteiger partial charge in [0.15, 0.2) is 0 Å². The van der Waals surface area contributed by atoms with Gasteiger partial charge >= 0.3 is 6.18 Å². The summed E-state index contributed by atoms with van der Waals surface area (Å²) in [6.45, 7) is 0. The first-order valence-electron chi connectivity index (χ1n) is 5.46. The summed E-state index contributed by atoms with van der Waals surface area (Å²) in [5.41, 5.74) is -1.12. The van der Waals surface area contributed by atoms with Crippen molar-refractivity contribution in [2.24, 2.45) is 0 Å². The van der Waals surface area contributed by atoms with E-state index >= 15 is 0 Å². The molecular formula is C13H10F3IO3S. The fourth-order valence-corrected chi connectivity index (χ4v) is 2.19. The predicted octanol–water partition coefficient (Wildman–Crippen LogP) is 4.24. The van der Waals surface area contributed by atoms with Crippen molar-refractivity contribution < 1.29 is 26.1 Å². The molecule has 0 aliphatic rings. The summed E-state index contributed by atoms with van der Waals surface area (Å²) in [6, 6.07) is 13.1. The second-order valence-corrected chi connectivity index (χ2v) is 6.46. The fraction of sp³-hybridized carbons (Fsp3) is 0.0769. The second kappa shape index (κ2) is 7.23. The number of benzene rings is 2. The topological polar surface area (TPSA) is 54.4 Å². The van der Waals surface area contributed by atoms with Gasteiger partial charge in [0.25, 0.3) is 10.1 Å². The first-order chi connectivity index (χ1) is 9.60. The SMILES string of the molecule is Ic1ccccc1.O=S(=O)(O)c1cccc(C(F)(F)F)c1. The summed E-state index contributed by atoms with van der Waals surface area (Å²) < 4.78 is 67.0. The van der Waals surface area contributed by atoms with E-state index in [9.17, 15) is 21.6 Å². The van der Waals surface area contributed by atoms with Crippen molar-refractivity contribution in [2.45, 2.75) is 11.1 Å². The lowest BCUT2D eigenvalue weighted by molar-refractivity contribution is -0.137. The molecule has 1 N–H and O–H groups in total. The molecule has 2 aromatic carbocycles. The number of rotatable bonds is 1. The zero-order valence-electron chi connectivity index (χ0n) is 10.4. The van der Waals surface area contributed by atoms with Crippen LogP contribution in [0, 0.1) is 3.57 Å². The quantitative estimate of drug-likeness (QED) is 0.544. The van der Waals surface area contributed by atoms with Gasteiger partial charge in [-0.2, -0.15) is 21.6 Å². The third-order valence-corrected chi connectivity index (χ3v) is 3.76. The van der Waals surface area contributed by atoms with E-state index in [4.69, 9.17) is 4.55 Å². The molecule has 0 saturated carbocycles. The van der Waals surface area contributed by atoms with Gasteiger partial charge in [-0.25, -0.2) is 0 Å². The van der Waals surface area contributed by atoms with E-state index in [-0.39, 0.29) is 0 Å². The predicted molar refractivity (Wildman–Crippen MR) is 80.4 cm³/mol. The lowest BCUT2D eigenvalue weighted by Gasteiger charge is -2.06. The van der Waals surface area contributed by atoms with E-state index in [2.05, 4.69) is 34.7 Å². The second-order valence-electron chi connectivity index (χ2n) is 3.80. The van der Waals surface area contributed by atoms with Gasteiger partial charge < -0.3 is 0 Å². The summed E-state index contributed by atoms with van der Waals surface area (Å²) in [7, 11) is -4.59. The Labute approximate surface area is 133 Å². The summed E-state index contributed by atoms with van der Waals surface area (Å²) in [6.07, 6.45) is -4.62. The first-order valence-corrected chi connectivity index (χ1v) is 7.98. The maximum absolute atomic E-state index is 12.1. The molecule has 0 unspecified atom stereocenters. The van der Waals surface area contributed by atoms with Gasteiger partial charge in [-0.1, -0.05) is 24.3 Å². The molecule has 0 radical (unpaired) electrons. The Balaban J connectivity index is 0.000000262. The van der Waals surface area contributed by atoms with Gasteiger partial charge in [-0.15, -0.1) is 0 Å². The van der Waals surface area contributed by atoms with Crippen molar-refractivity contribution in [1.82, 2.24) is 0 Å². The van der Waals surface area contributed by atoms with Gasteiger partial charge in [-0.05, 0) is 52.9 Å². The Morgan fingerprint density at radius 1 is 0.952 bits per heavy atom. The minimum atomic E-state index is -4.62. The molecule has 0 fully saturated rings. The van der Waals surface area contributed by atoms with Gasteiger partial charge in [0, 0.05) is 3.57 Å².